The first kappa shape index (κ1) is 15.7. The highest BCUT2D eigenvalue weighted by molar-refractivity contribution is 6.42. The van der Waals surface area contributed by atoms with E-state index >= 15 is 0 Å². The number of Topliss-reactive ketones (excluding diaryl/α,β-unsaturated/α-hetero) is 1. The number of amides is 2. The summed E-state index contributed by atoms with van der Waals surface area (Å²) < 4.78 is 6.09. The molecule has 2 amide bonds. The van der Waals surface area contributed by atoms with E-state index in [0.717, 1.165) is 6.42 Å². The highest BCUT2D eigenvalue weighted by atomic mass is 16.6. The molecule has 3 N–H and O–H groups in total. The summed E-state index contributed by atoms with van der Waals surface area (Å²) in [5.41, 5.74) is 4.90. The van der Waals surface area contributed by atoms with E-state index in [4.69, 9.17) is 10.5 Å². The molecule has 0 saturated carbocycles. The van der Waals surface area contributed by atoms with Crippen molar-refractivity contribution >= 4 is 23.6 Å². The number of primary amides is 1. The summed E-state index contributed by atoms with van der Waals surface area (Å²) in [6.45, 7) is 1.92. The minimum atomic E-state index is -1.15. The van der Waals surface area contributed by atoms with Gasteiger partial charge in [0.05, 0.1) is 6.20 Å². The monoisotopic (exact) mass is 282 g/mol. The number of nitrogens with one attached hydrogen (secondary N) is 1. The third-order valence-electron chi connectivity index (χ3n) is 2.66. The zero-order chi connectivity index (χ0) is 15.1. The SMILES string of the molecule is CCCCC(OC(N)=O)C(=O)C(=O)Nc1ccnn1C. The third kappa shape index (κ3) is 4.38. The van der Waals surface area contributed by atoms with Crippen molar-refractivity contribution in [1.82, 2.24) is 9.78 Å². The Kier molecular flexibility index (Phi) is 5.70. The lowest BCUT2D eigenvalue weighted by Crippen LogP contribution is -2.38. The minimum absolute atomic E-state index is 0.261. The van der Waals surface area contributed by atoms with Crippen molar-refractivity contribution in [2.45, 2.75) is 32.3 Å². The second kappa shape index (κ2) is 7.27. The minimum Gasteiger partial charge on any atom is -0.438 e. The number of ketones is 1. The van der Waals surface area contributed by atoms with Crippen LogP contribution in [0.5, 0.6) is 0 Å². The summed E-state index contributed by atoms with van der Waals surface area (Å²) in [6, 6.07) is 1.54. The number of nitrogens with zero attached hydrogens (tertiary/aromatic N) is 2. The number of carbonyl (C=O) groups is 3. The second-order valence-corrected chi connectivity index (χ2v) is 4.23. The molecule has 0 fully saturated rings. The largest absolute Gasteiger partial charge is 0.438 e. The van der Waals surface area contributed by atoms with Crippen LogP contribution in [0.25, 0.3) is 0 Å². The predicted molar refractivity (Wildman–Crippen MR) is 70.8 cm³/mol. The number of hydrogen-bond donors (Lipinski definition) is 2. The Balaban J connectivity index is 2.70. The second-order valence-electron chi connectivity index (χ2n) is 4.23. The Morgan fingerprint density at radius 2 is 2.20 bits per heavy atom. The van der Waals surface area contributed by atoms with Crippen molar-refractivity contribution in [3.05, 3.63) is 12.3 Å². The number of carbonyl (C=O) groups excluding carboxylic acids is 3. The predicted octanol–water partition coefficient (Wildman–Crippen LogP) is 0.582. The van der Waals surface area contributed by atoms with Crippen molar-refractivity contribution in [3.63, 3.8) is 0 Å². The Hall–Kier alpha value is -2.38. The number of hydrogen-bond acceptors (Lipinski definition) is 5. The fourth-order valence-corrected chi connectivity index (χ4v) is 1.59. The van der Waals surface area contributed by atoms with Crippen LogP contribution in [0, 0.1) is 0 Å². The van der Waals surface area contributed by atoms with Crippen molar-refractivity contribution in [2.24, 2.45) is 12.8 Å². The first-order valence-electron chi connectivity index (χ1n) is 6.25. The van der Waals surface area contributed by atoms with Gasteiger partial charge in [-0.3, -0.25) is 14.3 Å². The number of ether oxygens (including phenoxy) is 1. The number of unbranched alkanes of at least 4 members (excludes halogenated alkanes) is 1. The smallest absolute Gasteiger partial charge is 0.405 e. The summed E-state index contributed by atoms with van der Waals surface area (Å²) in [6.07, 6.45) is 0.956. The molecule has 1 rings (SSSR count). The van der Waals surface area contributed by atoms with E-state index in [9.17, 15) is 14.4 Å². The zero-order valence-electron chi connectivity index (χ0n) is 11.5. The van der Waals surface area contributed by atoms with E-state index in [0.29, 0.717) is 12.2 Å². The van der Waals surface area contributed by atoms with E-state index in [-0.39, 0.29) is 6.42 Å². The van der Waals surface area contributed by atoms with Crippen molar-refractivity contribution in [2.75, 3.05) is 5.32 Å². The maximum Gasteiger partial charge on any atom is 0.405 e. The summed E-state index contributed by atoms with van der Waals surface area (Å²) in [7, 11) is 1.62. The highest BCUT2D eigenvalue weighted by Crippen LogP contribution is 2.09. The van der Waals surface area contributed by atoms with Gasteiger partial charge in [-0.1, -0.05) is 13.3 Å². The van der Waals surface area contributed by atoms with Gasteiger partial charge >= 0.3 is 6.09 Å². The van der Waals surface area contributed by atoms with Crippen LogP contribution in [0.1, 0.15) is 26.2 Å². The Morgan fingerprint density at radius 3 is 2.70 bits per heavy atom. The van der Waals surface area contributed by atoms with Crippen LogP contribution in [0.2, 0.25) is 0 Å². The summed E-state index contributed by atoms with van der Waals surface area (Å²) >= 11 is 0. The van der Waals surface area contributed by atoms with Gasteiger partial charge in [0.1, 0.15) is 5.82 Å². The molecule has 0 aromatic carbocycles. The van der Waals surface area contributed by atoms with E-state index in [1.165, 1.54) is 10.9 Å². The van der Waals surface area contributed by atoms with Crippen LogP contribution in [0.4, 0.5) is 10.6 Å². The average Bonchev–Trinajstić information content (AvgIpc) is 2.78. The lowest BCUT2D eigenvalue weighted by atomic mass is 10.1. The van der Waals surface area contributed by atoms with Gasteiger partial charge in [-0.2, -0.15) is 5.10 Å². The van der Waals surface area contributed by atoms with Crippen LogP contribution >= 0.6 is 0 Å². The molecule has 0 radical (unpaired) electrons. The van der Waals surface area contributed by atoms with Crippen LogP contribution in [-0.4, -0.2) is 33.7 Å². The number of rotatable bonds is 7. The molecule has 0 spiro atoms. The standard InChI is InChI=1S/C12H18N4O4/c1-3-4-5-8(20-12(13)19)10(17)11(18)15-9-6-7-14-16(9)2/h6-8H,3-5H2,1-2H3,(H2,13,19)(H,15,18). The molecule has 0 aliphatic carbocycles. The Labute approximate surface area is 116 Å². The number of aryl methyl sites for hydroxylation is 1. The fourth-order valence-electron chi connectivity index (χ4n) is 1.59. The van der Waals surface area contributed by atoms with Crippen molar-refractivity contribution < 1.29 is 19.1 Å². The van der Waals surface area contributed by atoms with Gasteiger partial charge in [-0.25, -0.2) is 4.79 Å². The maximum atomic E-state index is 11.9. The molecule has 8 heteroatoms. The lowest BCUT2D eigenvalue weighted by Gasteiger charge is -2.14. The molecule has 1 heterocycles. The summed E-state index contributed by atoms with van der Waals surface area (Å²) in [5.74, 6) is -1.33. The number of aromatic nitrogens is 2. The molecule has 1 aromatic rings. The zero-order valence-corrected chi connectivity index (χ0v) is 11.5. The van der Waals surface area contributed by atoms with Crippen LogP contribution in [0.3, 0.4) is 0 Å². The first-order chi connectivity index (χ1) is 9.45. The molecule has 1 atom stereocenters. The van der Waals surface area contributed by atoms with E-state index in [2.05, 4.69) is 10.4 Å². The van der Waals surface area contributed by atoms with Crippen LogP contribution in [0.15, 0.2) is 12.3 Å². The van der Waals surface area contributed by atoms with Gasteiger partial charge in [0.25, 0.3) is 11.7 Å². The van der Waals surface area contributed by atoms with E-state index in [1.54, 1.807) is 13.1 Å². The summed E-state index contributed by atoms with van der Waals surface area (Å²) in [5, 5.41) is 6.26. The van der Waals surface area contributed by atoms with Gasteiger partial charge in [-0.15, -0.1) is 0 Å². The van der Waals surface area contributed by atoms with Crippen molar-refractivity contribution in [1.29, 1.82) is 0 Å². The highest BCUT2D eigenvalue weighted by Gasteiger charge is 2.28. The molecule has 20 heavy (non-hydrogen) atoms. The quantitative estimate of drug-likeness (QED) is 0.709. The molecule has 1 unspecified atom stereocenters. The topological polar surface area (TPSA) is 116 Å². The van der Waals surface area contributed by atoms with E-state index < -0.39 is 23.9 Å². The van der Waals surface area contributed by atoms with Gasteiger partial charge in [-0.05, 0) is 12.8 Å². The average molecular weight is 282 g/mol. The van der Waals surface area contributed by atoms with Gasteiger partial charge in [0, 0.05) is 13.1 Å². The van der Waals surface area contributed by atoms with E-state index in [1.807, 2.05) is 6.92 Å². The molecular weight excluding hydrogens is 264 g/mol. The molecular formula is C12H18N4O4. The first-order valence-corrected chi connectivity index (χ1v) is 6.25. The molecule has 1 aromatic heterocycles. The Morgan fingerprint density at radius 1 is 1.50 bits per heavy atom. The maximum absolute atomic E-state index is 11.9. The van der Waals surface area contributed by atoms with Gasteiger partial charge in [0.2, 0.25) is 0 Å². The Bertz CT molecular complexity index is 497. The fraction of sp³-hybridized carbons (Fsp3) is 0.500. The van der Waals surface area contributed by atoms with Gasteiger partial charge < -0.3 is 15.8 Å². The lowest BCUT2D eigenvalue weighted by molar-refractivity contribution is -0.140. The molecule has 8 nitrogen and oxygen atoms in total. The molecule has 0 saturated heterocycles. The van der Waals surface area contributed by atoms with Gasteiger partial charge in [0.15, 0.2) is 6.10 Å². The third-order valence-corrected chi connectivity index (χ3v) is 2.66. The molecule has 0 aliphatic rings. The number of nitrogens with two attached hydrogens (primary N) is 1. The van der Waals surface area contributed by atoms with Crippen LogP contribution < -0.4 is 11.1 Å². The summed E-state index contributed by atoms with van der Waals surface area (Å²) in [4.78, 5) is 34.5. The normalized spacial score (nSPS) is 11.7. The number of anilines is 1. The molecule has 0 aliphatic heterocycles. The molecule has 110 valence electrons. The molecule has 0 bridgehead atoms. The van der Waals surface area contributed by atoms with Crippen molar-refractivity contribution in [3.8, 4) is 0 Å². The van der Waals surface area contributed by atoms with Crippen LogP contribution in [-0.2, 0) is 21.4 Å².